The molecule has 0 aliphatic heterocycles. The third kappa shape index (κ3) is 3.93. The lowest BCUT2D eigenvalue weighted by molar-refractivity contribution is -0.137. The van der Waals surface area contributed by atoms with Crippen molar-refractivity contribution in [3.63, 3.8) is 0 Å². The minimum atomic E-state index is -1.28. The van der Waals surface area contributed by atoms with E-state index in [1.807, 2.05) is 0 Å². The number of carbonyl (C=O) groups is 1. The Morgan fingerprint density at radius 3 is 2.60 bits per heavy atom. The number of hydrogen-bond donors (Lipinski definition) is 2. The standard InChI is InChI=1S/C7H10O3/c1-3-7(2,10)5-4-6(8)9/h1,10H,4-5H2,2H3,(H,8,9). The fraction of sp³-hybridized carbons (Fsp3) is 0.571. The second-order valence-electron chi connectivity index (χ2n) is 2.31. The van der Waals surface area contributed by atoms with Gasteiger partial charge < -0.3 is 10.2 Å². The van der Waals surface area contributed by atoms with Gasteiger partial charge in [-0.3, -0.25) is 4.79 Å². The first kappa shape index (κ1) is 8.99. The van der Waals surface area contributed by atoms with E-state index in [1.54, 1.807) is 0 Å². The van der Waals surface area contributed by atoms with Crippen LogP contribution in [0.15, 0.2) is 0 Å². The quantitative estimate of drug-likeness (QED) is 0.555. The van der Waals surface area contributed by atoms with Crippen LogP contribution in [0, 0.1) is 12.3 Å². The maximum Gasteiger partial charge on any atom is 0.303 e. The minimum absolute atomic E-state index is 0.0961. The third-order valence-electron chi connectivity index (χ3n) is 1.14. The van der Waals surface area contributed by atoms with E-state index < -0.39 is 11.6 Å². The number of hydrogen-bond acceptors (Lipinski definition) is 2. The molecule has 0 fully saturated rings. The molecule has 0 heterocycles. The van der Waals surface area contributed by atoms with Crippen molar-refractivity contribution in [2.45, 2.75) is 25.4 Å². The number of carboxylic acids is 1. The second-order valence-corrected chi connectivity index (χ2v) is 2.31. The highest BCUT2D eigenvalue weighted by Crippen LogP contribution is 2.09. The van der Waals surface area contributed by atoms with Crippen molar-refractivity contribution < 1.29 is 15.0 Å². The van der Waals surface area contributed by atoms with Crippen LogP contribution in [0.4, 0.5) is 0 Å². The Bertz CT molecular complexity index is 164. The van der Waals surface area contributed by atoms with Gasteiger partial charge in [0.15, 0.2) is 0 Å². The van der Waals surface area contributed by atoms with Gasteiger partial charge in [-0.2, -0.15) is 0 Å². The molecular weight excluding hydrogens is 132 g/mol. The summed E-state index contributed by atoms with van der Waals surface area (Å²) >= 11 is 0. The molecule has 0 bridgehead atoms. The molecule has 3 heteroatoms. The van der Waals surface area contributed by atoms with Gasteiger partial charge in [-0.15, -0.1) is 6.42 Å². The molecule has 0 aromatic carbocycles. The Labute approximate surface area is 59.7 Å². The van der Waals surface area contributed by atoms with Gasteiger partial charge in [0.25, 0.3) is 0 Å². The van der Waals surface area contributed by atoms with E-state index >= 15 is 0 Å². The van der Waals surface area contributed by atoms with Gasteiger partial charge in [0.1, 0.15) is 5.60 Å². The number of terminal acetylenes is 1. The van der Waals surface area contributed by atoms with Gasteiger partial charge in [-0.1, -0.05) is 5.92 Å². The predicted octanol–water partition coefficient (Wildman–Crippen LogP) is 0.235. The molecule has 0 aromatic rings. The Hall–Kier alpha value is -1.01. The molecule has 0 rings (SSSR count). The topological polar surface area (TPSA) is 57.5 Å². The lowest BCUT2D eigenvalue weighted by atomic mass is 10.0. The smallest absolute Gasteiger partial charge is 0.303 e. The van der Waals surface area contributed by atoms with Crippen LogP contribution < -0.4 is 0 Å². The molecule has 0 aliphatic rings. The van der Waals surface area contributed by atoms with E-state index in [0.717, 1.165) is 0 Å². The van der Waals surface area contributed by atoms with Crippen LogP contribution in [0.25, 0.3) is 0 Å². The summed E-state index contributed by atoms with van der Waals surface area (Å²) in [6.45, 7) is 1.41. The zero-order valence-electron chi connectivity index (χ0n) is 5.79. The molecule has 0 spiro atoms. The molecule has 10 heavy (non-hydrogen) atoms. The van der Waals surface area contributed by atoms with Crippen molar-refractivity contribution in [3.8, 4) is 12.3 Å². The van der Waals surface area contributed by atoms with Crippen molar-refractivity contribution in [2.75, 3.05) is 0 Å². The number of aliphatic hydroxyl groups is 1. The molecule has 1 unspecified atom stereocenters. The van der Waals surface area contributed by atoms with Gasteiger partial charge in [0, 0.05) is 6.42 Å². The average molecular weight is 142 g/mol. The highest BCUT2D eigenvalue weighted by Gasteiger charge is 2.17. The van der Waals surface area contributed by atoms with E-state index in [-0.39, 0.29) is 12.8 Å². The molecule has 0 aromatic heterocycles. The van der Waals surface area contributed by atoms with Gasteiger partial charge in [0.05, 0.1) is 0 Å². The monoisotopic (exact) mass is 142 g/mol. The molecule has 0 saturated heterocycles. The molecule has 0 saturated carbocycles. The van der Waals surface area contributed by atoms with Crippen LogP contribution in [-0.2, 0) is 4.79 Å². The first-order valence-electron chi connectivity index (χ1n) is 2.90. The van der Waals surface area contributed by atoms with Crippen molar-refractivity contribution in [1.29, 1.82) is 0 Å². The maximum absolute atomic E-state index is 9.98. The summed E-state index contributed by atoms with van der Waals surface area (Å²) in [5.41, 5.74) is -1.28. The van der Waals surface area contributed by atoms with Crippen LogP contribution in [0.1, 0.15) is 19.8 Å². The second kappa shape index (κ2) is 3.23. The summed E-state index contributed by atoms with van der Waals surface area (Å²) in [5, 5.41) is 17.3. The fourth-order valence-corrected chi connectivity index (χ4v) is 0.423. The summed E-state index contributed by atoms with van der Waals surface area (Å²) in [6, 6.07) is 0. The maximum atomic E-state index is 9.98. The third-order valence-corrected chi connectivity index (χ3v) is 1.14. The summed E-state index contributed by atoms with van der Waals surface area (Å²) in [5.74, 6) is 1.14. The van der Waals surface area contributed by atoms with Crippen molar-refractivity contribution in [3.05, 3.63) is 0 Å². The largest absolute Gasteiger partial charge is 0.481 e. The molecule has 3 nitrogen and oxygen atoms in total. The highest BCUT2D eigenvalue weighted by atomic mass is 16.4. The van der Waals surface area contributed by atoms with Crippen molar-refractivity contribution in [2.24, 2.45) is 0 Å². The Balaban J connectivity index is 3.71. The molecule has 0 radical (unpaired) electrons. The molecular formula is C7H10O3. The molecule has 1 atom stereocenters. The zero-order valence-corrected chi connectivity index (χ0v) is 5.79. The first-order chi connectivity index (χ1) is 4.48. The van der Waals surface area contributed by atoms with Gasteiger partial charge in [0.2, 0.25) is 0 Å². The average Bonchev–Trinajstić information content (AvgIpc) is 1.85. The normalized spacial score (nSPS) is 15.3. The van der Waals surface area contributed by atoms with Crippen LogP contribution in [0.2, 0.25) is 0 Å². The summed E-state index contributed by atoms with van der Waals surface area (Å²) in [4.78, 5) is 9.98. The van der Waals surface area contributed by atoms with Crippen molar-refractivity contribution in [1.82, 2.24) is 0 Å². The lowest BCUT2D eigenvalue weighted by Gasteiger charge is -2.13. The van der Waals surface area contributed by atoms with E-state index in [9.17, 15) is 4.79 Å². The minimum Gasteiger partial charge on any atom is -0.481 e. The van der Waals surface area contributed by atoms with E-state index in [2.05, 4.69) is 5.92 Å². The predicted molar refractivity (Wildman–Crippen MR) is 36.3 cm³/mol. The van der Waals surface area contributed by atoms with Gasteiger partial charge >= 0.3 is 5.97 Å². The summed E-state index contributed by atoms with van der Waals surface area (Å²) < 4.78 is 0. The summed E-state index contributed by atoms with van der Waals surface area (Å²) in [6.07, 6.45) is 4.90. The van der Waals surface area contributed by atoms with E-state index in [4.69, 9.17) is 16.6 Å². The molecule has 0 amide bonds. The molecule has 0 aliphatic carbocycles. The molecule has 2 N–H and O–H groups in total. The van der Waals surface area contributed by atoms with E-state index in [1.165, 1.54) is 6.92 Å². The zero-order chi connectivity index (χ0) is 8.20. The number of carboxylic acid groups (broad SMARTS) is 1. The van der Waals surface area contributed by atoms with E-state index in [0.29, 0.717) is 0 Å². The Kier molecular flexibility index (Phi) is 2.91. The molecule has 56 valence electrons. The Morgan fingerprint density at radius 1 is 1.80 bits per heavy atom. The van der Waals surface area contributed by atoms with Crippen LogP contribution in [-0.4, -0.2) is 21.8 Å². The SMILES string of the molecule is C#CC(C)(O)CCC(=O)O. The highest BCUT2D eigenvalue weighted by molar-refractivity contribution is 5.66. The van der Waals surface area contributed by atoms with Crippen LogP contribution in [0.5, 0.6) is 0 Å². The summed E-state index contributed by atoms with van der Waals surface area (Å²) in [7, 11) is 0. The number of aliphatic carboxylic acids is 1. The van der Waals surface area contributed by atoms with Gasteiger partial charge in [-0.05, 0) is 13.3 Å². The van der Waals surface area contributed by atoms with Gasteiger partial charge in [-0.25, -0.2) is 0 Å². The van der Waals surface area contributed by atoms with Crippen LogP contribution >= 0.6 is 0 Å². The Morgan fingerprint density at radius 2 is 2.30 bits per heavy atom. The first-order valence-corrected chi connectivity index (χ1v) is 2.90. The lowest BCUT2D eigenvalue weighted by Crippen LogP contribution is -2.22. The van der Waals surface area contributed by atoms with Crippen molar-refractivity contribution >= 4 is 5.97 Å². The number of rotatable bonds is 3. The van der Waals surface area contributed by atoms with Crippen LogP contribution in [0.3, 0.4) is 0 Å². The fourth-order valence-electron chi connectivity index (χ4n) is 0.423.